The van der Waals surface area contributed by atoms with Crippen molar-refractivity contribution in [3.05, 3.63) is 0 Å². The van der Waals surface area contributed by atoms with Crippen LogP contribution in [0.1, 0.15) is 6.42 Å². The number of hydrogen-bond acceptors (Lipinski definition) is 3. The molecule has 0 aliphatic carbocycles. The lowest BCUT2D eigenvalue weighted by atomic mass is 9.92. The highest BCUT2D eigenvalue weighted by Crippen LogP contribution is 2.28. The van der Waals surface area contributed by atoms with Crippen LogP contribution in [0.2, 0.25) is 0 Å². The maximum Gasteiger partial charge on any atom is 0.306 e. The number of carbonyl (C=O) groups is 1. The van der Waals surface area contributed by atoms with Crippen LogP contribution in [-0.2, 0) is 4.79 Å². The van der Waals surface area contributed by atoms with E-state index in [-0.39, 0.29) is 18.4 Å². The number of aliphatic hydroxyl groups excluding tert-OH is 1. The van der Waals surface area contributed by atoms with Gasteiger partial charge in [0.15, 0.2) is 0 Å². The Balaban J connectivity index is 2.51. The highest BCUT2D eigenvalue weighted by Gasteiger charge is 2.30. The summed E-state index contributed by atoms with van der Waals surface area (Å²) in [4.78, 5) is 10.6. The number of thioether (sulfide) groups is 1. The summed E-state index contributed by atoms with van der Waals surface area (Å²) in [6.45, 7) is 0.00394. The predicted molar refractivity (Wildman–Crippen MR) is 43.6 cm³/mol. The molecule has 1 saturated heterocycles. The largest absolute Gasteiger partial charge is 0.481 e. The molecule has 4 heteroatoms. The Labute approximate surface area is 69.8 Å². The number of hydrogen-bond donors (Lipinski definition) is 2. The Morgan fingerprint density at radius 1 is 1.64 bits per heavy atom. The van der Waals surface area contributed by atoms with E-state index in [4.69, 9.17) is 10.2 Å². The van der Waals surface area contributed by atoms with E-state index in [1.54, 1.807) is 11.8 Å². The molecule has 2 N–H and O–H groups in total. The fraction of sp³-hybridized carbons (Fsp3) is 0.857. The number of carboxylic acids is 1. The molecule has 0 amide bonds. The van der Waals surface area contributed by atoms with Crippen LogP contribution in [-0.4, -0.2) is 34.3 Å². The van der Waals surface area contributed by atoms with Crippen LogP contribution in [0.25, 0.3) is 0 Å². The molecule has 0 bridgehead atoms. The van der Waals surface area contributed by atoms with Crippen molar-refractivity contribution in [1.82, 2.24) is 0 Å². The number of rotatable bonds is 2. The summed E-state index contributed by atoms with van der Waals surface area (Å²) in [5.74, 6) is 0.581. The lowest BCUT2D eigenvalue weighted by Crippen LogP contribution is -2.31. The Morgan fingerprint density at radius 3 is 2.82 bits per heavy atom. The van der Waals surface area contributed by atoms with Gasteiger partial charge in [0.1, 0.15) is 0 Å². The van der Waals surface area contributed by atoms with Crippen LogP contribution in [0.3, 0.4) is 0 Å². The van der Waals surface area contributed by atoms with Crippen LogP contribution in [0.15, 0.2) is 0 Å². The van der Waals surface area contributed by atoms with Crippen molar-refractivity contribution in [3.8, 4) is 0 Å². The molecule has 1 fully saturated rings. The summed E-state index contributed by atoms with van der Waals surface area (Å²) in [6, 6.07) is 0. The average Bonchev–Trinajstić information content (AvgIpc) is 2.04. The molecule has 0 aromatic rings. The van der Waals surface area contributed by atoms with E-state index in [2.05, 4.69) is 0 Å². The minimum absolute atomic E-state index is 0.00394. The summed E-state index contributed by atoms with van der Waals surface area (Å²) < 4.78 is 0. The highest BCUT2D eigenvalue weighted by atomic mass is 32.2. The van der Waals surface area contributed by atoms with Gasteiger partial charge in [-0.3, -0.25) is 4.79 Å². The molecule has 1 aliphatic heterocycles. The lowest BCUT2D eigenvalue weighted by Gasteiger charge is -2.26. The van der Waals surface area contributed by atoms with Crippen LogP contribution in [0, 0.1) is 11.8 Å². The van der Waals surface area contributed by atoms with Crippen molar-refractivity contribution in [2.24, 2.45) is 11.8 Å². The second kappa shape index (κ2) is 3.97. The normalized spacial score (nSPS) is 31.7. The van der Waals surface area contributed by atoms with E-state index in [0.717, 1.165) is 11.5 Å². The molecule has 0 saturated carbocycles. The quantitative estimate of drug-likeness (QED) is 0.640. The molecule has 0 aromatic carbocycles. The number of carboxylic acid groups (broad SMARTS) is 1. The van der Waals surface area contributed by atoms with Gasteiger partial charge in [0.2, 0.25) is 0 Å². The zero-order valence-corrected chi connectivity index (χ0v) is 7.01. The van der Waals surface area contributed by atoms with Crippen LogP contribution in [0.4, 0.5) is 0 Å². The molecule has 3 nitrogen and oxygen atoms in total. The molecular weight excluding hydrogens is 164 g/mol. The van der Waals surface area contributed by atoms with E-state index in [0.29, 0.717) is 6.42 Å². The molecule has 1 rings (SSSR count). The second-order valence-electron chi connectivity index (χ2n) is 2.75. The molecule has 64 valence electrons. The Kier molecular flexibility index (Phi) is 3.20. The van der Waals surface area contributed by atoms with Crippen molar-refractivity contribution in [2.45, 2.75) is 6.42 Å². The van der Waals surface area contributed by atoms with Gasteiger partial charge in [-0.25, -0.2) is 0 Å². The number of aliphatic carboxylic acids is 1. The van der Waals surface area contributed by atoms with Gasteiger partial charge in [-0.05, 0) is 17.9 Å². The van der Waals surface area contributed by atoms with E-state index < -0.39 is 5.97 Å². The van der Waals surface area contributed by atoms with Crippen LogP contribution >= 0.6 is 11.8 Å². The zero-order chi connectivity index (χ0) is 8.27. The maximum absolute atomic E-state index is 10.6. The van der Waals surface area contributed by atoms with E-state index >= 15 is 0 Å². The van der Waals surface area contributed by atoms with Crippen molar-refractivity contribution < 1.29 is 15.0 Å². The fourth-order valence-electron chi connectivity index (χ4n) is 1.30. The van der Waals surface area contributed by atoms with Crippen molar-refractivity contribution in [3.63, 3.8) is 0 Å². The third-order valence-corrected chi connectivity index (χ3v) is 3.21. The minimum Gasteiger partial charge on any atom is -0.481 e. The number of aliphatic hydroxyl groups is 1. The summed E-state index contributed by atoms with van der Waals surface area (Å²) in [7, 11) is 0. The van der Waals surface area contributed by atoms with Gasteiger partial charge >= 0.3 is 5.97 Å². The Hall–Kier alpha value is -0.220. The summed E-state index contributed by atoms with van der Waals surface area (Å²) in [5, 5.41) is 17.6. The van der Waals surface area contributed by atoms with Gasteiger partial charge in [-0.2, -0.15) is 11.8 Å². The van der Waals surface area contributed by atoms with Gasteiger partial charge in [-0.15, -0.1) is 0 Å². The standard InChI is InChI=1S/C7H12O3S/c8-3-5-4-11-2-1-6(5)7(9)10/h5-6,8H,1-4H2,(H,9,10)/t5-,6+/m0/s1. The smallest absolute Gasteiger partial charge is 0.306 e. The predicted octanol–water partition coefficient (Wildman–Crippen LogP) is 0.433. The zero-order valence-electron chi connectivity index (χ0n) is 6.19. The van der Waals surface area contributed by atoms with E-state index in [1.807, 2.05) is 0 Å². The lowest BCUT2D eigenvalue weighted by molar-refractivity contribution is -0.144. The molecule has 1 aliphatic rings. The van der Waals surface area contributed by atoms with Gasteiger partial charge in [-0.1, -0.05) is 0 Å². The topological polar surface area (TPSA) is 57.5 Å². The van der Waals surface area contributed by atoms with Crippen LogP contribution in [0.5, 0.6) is 0 Å². The van der Waals surface area contributed by atoms with Gasteiger partial charge < -0.3 is 10.2 Å². The van der Waals surface area contributed by atoms with Crippen molar-refractivity contribution in [2.75, 3.05) is 18.1 Å². The maximum atomic E-state index is 10.6. The minimum atomic E-state index is -0.760. The van der Waals surface area contributed by atoms with Gasteiger partial charge in [0, 0.05) is 12.5 Å². The third-order valence-electron chi connectivity index (χ3n) is 2.03. The molecule has 0 radical (unpaired) electrons. The molecule has 0 spiro atoms. The Morgan fingerprint density at radius 2 is 2.36 bits per heavy atom. The first-order valence-electron chi connectivity index (χ1n) is 3.67. The van der Waals surface area contributed by atoms with E-state index in [9.17, 15) is 4.79 Å². The molecule has 1 heterocycles. The first-order chi connectivity index (χ1) is 5.25. The van der Waals surface area contributed by atoms with Gasteiger partial charge in [0.25, 0.3) is 0 Å². The molecular formula is C7H12O3S. The summed E-state index contributed by atoms with van der Waals surface area (Å²) >= 11 is 1.73. The molecule has 0 aromatic heterocycles. The van der Waals surface area contributed by atoms with Crippen molar-refractivity contribution in [1.29, 1.82) is 0 Å². The molecule has 11 heavy (non-hydrogen) atoms. The van der Waals surface area contributed by atoms with Crippen LogP contribution < -0.4 is 0 Å². The van der Waals surface area contributed by atoms with E-state index in [1.165, 1.54) is 0 Å². The average molecular weight is 176 g/mol. The fourth-order valence-corrected chi connectivity index (χ4v) is 2.53. The Bertz CT molecular complexity index is 149. The monoisotopic (exact) mass is 176 g/mol. The first kappa shape index (κ1) is 8.87. The van der Waals surface area contributed by atoms with Gasteiger partial charge in [0.05, 0.1) is 5.92 Å². The first-order valence-corrected chi connectivity index (χ1v) is 4.82. The summed E-state index contributed by atoms with van der Waals surface area (Å²) in [6.07, 6.45) is 0.700. The second-order valence-corrected chi connectivity index (χ2v) is 3.90. The molecule has 2 atom stereocenters. The summed E-state index contributed by atoms with van der Waals surface area (Å²) in [5.41, 5.74) is 0. The van der Waals surface area contributed by atoms with Crippen molar-refractivity contribution >= 4 is 17.7 Å². The SMILES string of the molecule is O=C(O)[C@@H]1CCSC[C@@H]1CO. The highest BCUT2D eigenvalue weighted by molar-refractivity contribution is 7.99. The third kappa shape index (κ3) is 2.10. The molecule has 0 unspecified atom stereocenters.